The van der Waals surface area contributed by atoms with Gasteiger partial charge in [-0.25, -0.2) is 4.79 Å². The molecule has 1 aliphatic heterocycles. The summed E-state index contributed by atoms with van der Waals surface area (Å²) in [4.78, 5) is 25.8. The molecule has 0 spiro atoms. The summed E-state index contributed by atoms with van der Waals surface area (Å²) in [5.74, 6) is -1.04. The van der Waals surface area contributed by atoms with Crippen LogP contribution in [-0.4, -0.2) is 33.6 Å². The molecule has 0 amide bonds. The quantitative estimate of drug-likeness (QED) is 0.848. The molecule has 0 radical (unpaired) electrons. The maximum absolute atomic E-state index is 12.7. The van der Waals surface area contributed by atoms with Crippen LogP contribution < -0.4 is 5.56 Å². The molecular formula is C17H24N2O3. The first-order chi connectivity index (χ1) is 10.5. The van der Waals surface area contributed by atoms with E-state index in [0.29, 0.717) is 5.56 Å². The van der Waals surface area contributed by atoms with E-state index in [9.17, 15) is 9.59 Å². The van der Waals surface area contributed by atoms with Crippen LogP contribution in [0, 0.1) is 0 Å². The van der Waals surface area contributed by atoms with Crippen molar-refractivity contribution in [1.29, 1.82) is 0 Å². The van der Waals surface area contributed by atoms with Crippen LogP contribution in [-0.2, 0) is 17.8 Å². The van der Waals surface area contributed by atoms with Crippen molar-refractivity contribution in [1.82, 2.24) is 9.47 Å². The molecule has 1 aromatic rings. The number of carboxylic acid groups (broad SMARTS) is 1. The van der Waals surface area contributed by atoms with Gasteiger partial charge < -0.3 is 9.67 Å². The van der Waals surface area contributed by atoms with Crippen molar-refractivity contribution in [3.05, 3.63) is 39.3 Å². The Hall–Kier alpha value is -1.88. The van der Waals surface area contributed by atoms with E-state index >= 15 is 0 Å². The summed E-state index contributed by atoms with van der Waals surface area (Å²) < 4.78 is 1.86. The third-order valence-electron chi connectivity index (χ3n) is 4.40. The van der Waals surface area contributed by atoms with Gasteiger partial charge >= 0.3 is 5.97 Å². The number of hydrogen-bond acceptors (Lipinski definition) is 3. The van der Waals surface area contributed by atoms with Crippen LogP contribution in [0.25, 0.3) is 6.08 Å². The minimum absolute atomic E-state index is 0.0875. The summed E-state index contributed by atoms with van der Waals surface area (Å²) in [5.41, 5.74) is 2.62. The van der Waals surface area contributed by atoms with Gasteiger partial charge in [-0.2, -0.15) is 0 Å². The number of likely N-dealkylation sites (N-methyl/N-ethyl adjacent to an activating group) is 1. The van der Waals surface area contributed by atoms with Crippen molar-refractivity contribution in [2.75, 3.05) is 13.1 Å². The number of rotatable bonds is 5. The molecule has 1 unspecified atom stereocenters. The Balaban J connectivity index is 2.58. The van der Waals surface area contributed by atoms with Crippen molar-refractivity contribution in [3.8, 4) is 0 Å². The fraction of sp³-hybridized carbons (Fsp3) is 0.529. The maximum atomic E-state index is 12.7. The molecular weight excluding hydrogens is 280 g/mol. The monoisotopic (exact) mass is 304 g/mol. The predicted octanol–water partition coefficient (Wildman–Crippen LogP) is 2.30. The van der Waals surface area contributed by atoms with Crippen LogP contribution in [0.4, 0.5) is 0 Å². The topological polar surface area (TPSA) is 62.5 Å². The predicted molar refractivity (Wildman–Crippen MR) is 87.0 cm³/mol. The molecule has 2 heterocycles. The zero-order valence-electron chi connectivity index (χ0n) is 13.5. The van der Waals surface area contributed by atoms with Crippen LogP contribution in [0.15, 0.2) is 16.9 Å². The molecule has 1 atom stereocenters. The van der Waals surface area contributed by atoms with E-state index in [4.69, 9.17) is 5.11 Å². The van der Waals surface area contributed by atoms with Crippen molar-refractivity contribution in [2.24, 2.45) is 0 Å². The number of aliphatic carboxylic acids is 1. The SMILES string of the molecule is CCC(C)n1c2c(cc(/C=C/C(=O)O)c1=O)CN(CC)CC2. The smallest absolute Gasteiger partial charge is 0.328 e. The summed E-state index contributed by atoms with van der Waals surface area (Å²) >= 11 is 0. The van der Waals surface area contributed by atoms with Crippen LogP contribution in [0.1, 0.15) is 50.1 Å². The summed E-state index contributed by atoms with van der Waals surface area (Å²) in [6, 6.07) is 1.98. The number of pyridine rings is 1. The molecule has 0 bridgehead atoms. The fourth-order valence-electron chi connectivity index (χ4n) is 2.95. The van der Waals surface area contributed by atoms with Crippen LogP contribution in [0.2, 0.25) is 0 Å². The van der Waals surface area contributed by atoms with Gasteiger partial charge in [0.25, 0.3) is 5.56 Å². The van der Waals surface area contributed by atoms with Gasteiger partial charge in [0.2, 0.25) is 0 Å². The van der Waals surface area contributed by atoms with Crippen molar-refractivity contribution in [2.45, 2.75) is 46.2 Å². The highest BCUT2D eigenvalue weighted by atomic mass is 16.4. The number of fused-ring (bicyclic) bond motifs is 1. The molecule has 0 aromatic carbocycles. The summed E-state index contributed by atoms with van der Waals surface area (Å²) in [7, 11) is 0. The fourth-order valence-corrected chi connectivity index (χ4v) is 2.95. The van der Waals surface area contributed by atoms with Crippen molar-refractivity contribution in [3.63, 3.8) is 0 Å². The molecule has 0 saturated carbocycles. The normalized spacial score (nSPS) is 16.7. The van der Waals surface area contributed by atoms with Crippen LogP contribution >= 0.6 is 0 Å². The Kier molecular flexibility index (Phi) is 5.19. The van der Waals surface area contributed by atoms with Gasteiger partial charge in [-0.15, -0.1) is 0 Å². The second kappa shape index (κ2) is 6.92. The molecule has 0 aliphatic carbocycles. The van der Waals surface area contributed by atoms with E-state index in [-0.39, 0.29) is 11.6 Å². The van der Waals surface area contributed by atoms with Gasteiger partial charge in [-0.3, -0.25) is 9.69 Å². The molecule has 0 fully saturated rings. The minimum atomic E-state index is -1.04. The Morgan fingerprint density at radius 3 is 2.77 bits per heavy atom. The highest BCUT2D eigenvalue weighted by Gasteiger charge is 2.22. The standard InChI is InChI=1S/C17H24N2O3/c1-4-12(3)19-15-8-9-18(5-2)11-14(15)10-13(17(19)22)6-7-16(20)21/h6-7,10,12H,4-5,8-9,11H2,1-3H3,(H,20,21)/b7-6+. The van der Waals surface area contributed by atoms with Crippen molar-refractivity contribution >= 4 is 12.0 Å². The number of carbonyl (C=O) groups is 1. The van der Waals surface area contributed by atoms with E-state index in [1.54, 1.807) is 0 Å². The van der Waals surface area contributed by atoms with Gasteiger partial charge in [-0.1, -0.05) is 13.8 Å². The molecule has 1 aliphatic rings. The Morgan fingerprint density at radius 2 is 2.18 bits per heavy atom. The van der Waals surface area contributed by atoms with Crippen LogP contribution in [0.5, 0.6) is 0 Å². The van der Waals surface area contributed by atoms with E-state index in [1.165, 1.54) is 6.08 Å². The third kappa shape index (κ3) is 3.30. The first-order valence-corrected chi connectivity index (χ1v) is 7.88. The summed E-state index contributed by atoms with van der Waals surface area (Å²) in [6.07, 6.45) is 4.18. The van der Waals surface area contributed by atoms with E-state index in [1.807, 2.05) is 17.6 Å². The van der Waals surface area contributed by atoms with Gasteiger partial charge in [0, 0.05) is 42.9 Å². The van der Waals surface area contributed by atoms with Gasteiger partial charge in [0.1, 0.15) is 0 Å². The van der Waals surface area contributed by atoms with Gasteiger partial charge in [-0.05, 0) is 37.6 Å². The van der Waals surface area contributed by atoms with E-state index in [2.05, 4.69) is 18.7 Å². The third-order valence-corrected chi connectivity index (χ3v) is 4.40. The molecule has 2 rings (SSSR count). The molecule has 5 nitrogen and oxygen atoms in total. The molecule has 22 heavy (non-hydrogen) atoms. The Morgan fingerprint density at radius 1 is 1.45 bits per heavy atom. The lowest BCUT2D eigenvalue weighted by molar-refractivity contribution is -0.131. The van der Waals surface area contributed by atoms with Gasteiger partial charge in [0.05, 0.1) is 0 Å². The number of hydrogen-bond donors (Lipinski definition) is 1. The summed E-state index contributed by atoms with van der Waals surface area (Å²) in [6.45, 7) is 8.98. The second-order valence-corrected chi connectivity index (χ2v) is 5.79. The lowest BCUT2D eigenvalue weighted by Crippen LogP contribution is -2.37. The van der Waals surface area contributed by atoms with Crippen LogP contribution in [0.3, 0.4) is 0 Å². The molecule has 1 N–H and O–H groups in total. The second-order valence-electron chi connectivity index (χ2n) is 5.79. The molecule has 120 valence electrons. The summed E-state index contributed by atoms with van der Waals surface area (Å²) in [5, 5.41) is 8.81. The first-order valence-electron chi connectivity index (χ1n) is 7.88. The van der Waals surface area contributed by atoms with Gasteiger partial charge in [0.15, 0.2) is 0 Å². The molecule has 1 aromatic heterocycles. The largest absolute Gasteiger partial charge is 0.478 e. The van der Waals surface area contributed by atoms with E-state index < -0.39 is 5.97 Å². The minimum Gasteiger partial charge on any atom is -0.478 e. The number of aromatic nitrogens is 1. The highest BCUT2D eigenvalue weighted by molar-refractivity contribution is 5.85. The lowest BCUT2D eigenvalue weighted by atomic mass is 10.0. The Bertz CT molecular complexity index is 646. The Labute approximate surface area is 130 Å². The van der Waals surface area contributed by atoms with E-state index in [0.717, 1.165) is 49.8 Å². The molecule has 0 saturated heterocycles. The zero-order chi connectivity index (χ0) is 16.3. The first kappa shape index (κ1) is 16.5. The maximum Gasteiger partial charge on any atom is 0.328 e. The number of carboxylic acids is 1. The van der Waals surface area contributed by atoms with Crippen molar-refractivity contribution < 1.29 is 9.90 Å². The average molecular weight is 304 g/mol. The number of nitrogens with zero attached hydrogens (tertiary/aromatic N) is 2. The zero-order valence-corrected chi connectivity index (χ0v) is 13.5. The molecule has 5 heteroatoms. The lowest BCUT2D eigenvalue weighted by Gasteiger charge is -2.31. The highest BCUT2D eigenvalue weighted by Crippen LogP contribution is 2.22. The average Bonchev–Trinajstić information content (AvgIpc) is 2.51.